The Labute approximate surface area is 111 Å². The number of hydrogen-bond acceptors (Lipinski definition) is 3. The van der Waals surface area contributed by atoms with Gasteiger partial charge in [0.05, 0.1) is 21.4 Å². The summed E-state index contributed by atoms with van der Waals surface area (Å²) in [6.07, 6.45) is 0. The first-order valence-corrected chi connectivity index (χ1v) is 5.84. The summed E-state index contributed by atoms with van der Waals surface area (Å²) in [4.78, 5) is 23.2. The Balaban J connectivity index is 2.51. The van der Waals surface area contributed by atoms with Gasteiger partial charge < -0.3 is 9.52 Å². The highest BCUT2D eigenvalue weighted by atomic mass is 35.5. The monoisotopic (exact) mass is 274 g/mol. The quantitative estimate of drug-likeness (QED) is 0.691. The summed E-state index contributed by atoms with van der Waals surface area (Å²) in [6.45, 7) is 0. The van der Waals surface area contributed by atoms with Gasteiger partial charge in [-0.2, -0.15) is 0 Å². The second-order valence-corrected chi connectivity index (χ2v) is 4.47. The van der Waals surface area contributed by atoms with Crippen molar-refractivity contribution >= 4 is 39.5 Å². The zero-order valence-corrected chi connectivity index (χ0v) is 10.3. The molecule has 94 valence electrons. The van der Waals surface area contributed by atoms with Crippen LogP contribution in [0, 0.1) is 0 Å². The molecule has 3 aromatic rings. The number of fused-ring (bicyclic) bond motifs is 2. The maximum absolute atomic E-state index is 12.3. The van der Waals surface area contributed by atoms with Crippen LogP contribution in [0.4, 0.5) is 0 Å². The molecule has 0 bridgehead atoms. The van der Waals surface area contributed by atoms with Crippen LogP contribution in [-0.4, -0.2) is 11.1 Å². The molecule has 0 atom stereocenters. The van der Waals surface area contributed by atoms with Crippen LogP contribution in [0.15, 0.2) is 45.6 Å². The molecule has 5 heteroatoms. The van der Waals surface area contributed by atoms with Crippen LogP contribution in [-0.2, 0) is 0 Å². The highest BCUT2D eigenvalue weighted by molar-refractivity contribution is 6.34. The number of benzene rings is 2. The van der Waals surface area contributed by atoms with Crippen molar-refractivity contribution in [2.24, 2.45) is 0 Å². The first-order valence-electron chi connectivity index (χ1n) is 5.46. The molecule has 4 nitrogen and oxygen atoms in total. The van der Waals surface area contributed by atoms with Crippen molar-refractivity contribution in [1.82, 2.24) is 0 Å². The molecule has 2 aromatic carbocycles. The van der Waals surface area contributed by atoms with Crippen LogP contribution in [0.25, 0.3) is 21.9 Å². The lowest BCUT2D eigenvalue weighted by molar-refractivity contribution is 0.0697. The maximum Gasteiger partial charge on any atom is 0.335 e. The molecular weight excluding hydrogens is 268 g/mol. The number of carboxylic acids is 1. The zero-order chi connectivity index (χ0) is 13.6. The second-order valence-electron chi connectivity index (χ2n) is 4.06. The summed E-state index contributed by atoms with van der Waals surface area (Å²) in [5, 5.41) is 9.96. The van der Waals surface area contributed by atoms with Gasteiger partial charge in [-0.1, -0.05) is 17.7 Å². The van der Waals surface area contributed by atoms with E-state index in [0.29, 0.717) is 15.8 Å². The predicted octanol–water partition coefficient (Wildman–Crippen LogP) is 3.30. The summed E-state index contributed by atoms with van der Waals surface area (Å²) in [5.74, 6) is -1.08. The molecule has 0 aliphatic carbocycles. The largest absolute Gasteiger partial charge is 0.478 e. The Bertz CT molecular complexity index is 880. The van der Waals surface area contributed by atoms with Crippen molar-refractivity contribution < 1.29 is 14.3 Å². The minimum Gasteiger partial charge on any atom is -0.478 e. The lowest BCUT2D eigenvalue weighted by Gasteiger charge is -2.03. The third-order valence-electron chi connectivity index (χ3n) is 2.90. The van der Waals surface area contributed by atoms with E-state index in [2.05, 4.69) is 0 Å². The predicted molar refractivity (Wildman–Crippen MR) is 72.0 cm³/mol. The minimum absolute atomic E-state index is 0.0575. The Morgan fingerprint density at radius 3 is 2.68 bits per heavy atom. The number of aromatic carboxylic acids is 1. The van der Waals surface area contributed by atoms with Crippen molar-refractivity contribution in [3.8, 4) is 0 Å². The molecule has 0 saturated heterocycles. The molecule has 0 aliphatic heterocycles. The normalized spacial score (nSPS) is 11.0. The van der Waals surface area contributed by atoms with E-state index in [9.17, 15) is 9.59 Å². The highest BCUT2D eigenvalue weighted by Crippen LogP contribution is 2.25. The Morgan fingerprint density at radius 2 is 1.95 bits per heavy atom. The van der Waals surface area contributed by atoms with Crippen molar-refractivity contribution in [2.45, 2.75) is 0 Å². The third-order valence-corrected chi connectivity index (χ3v) is 3.19. The number of hydrogen-bond donors (Lipinski definition) is 1. The number of halogens is 1. The summed E-state index contributed by atoms with van der Waals surface area (Å²) in [6, 6.07) is 9.04. The van der Waals surface area contributed by atoms with E-state index in [-0.39, 0.29) is 22.2 Å². The molecule has 0 radical (unpaired) electrons. The van der Waals surface area contributed by atoms with E-state index in [1.165, 1.54) is 18.2 Å². The number of carboxylic acid groups (broad SMARTS) is 1. The van der Waals surface area contributed by atoms with Gasteiger partial charge in [0.1, 0.15) is 5.58 Å². The Kier molecular flexibility index (Phi) is 2.54. The molecule has 19 heavy (non-hydrogen) atoms. The lowest BCUT2D eigenvalue weighted by atomic mass is 10.1. The average molecular weight is 275 g/mol. The van der Waals surface area contributed by atoms with Gasteiger partial charge in [0, 0.05) is 0 Å². The second kappa shape index (κ2) is 4.10. The smallest absolute Gasteiger partial charge is 0.335 e. The van der Waals surface area contributed by atoms with E-state index in [0.717, 1.165) is 0 Å². The molecule has 0 saturated carbocycles. The standard InChI is InChI=1S/C14H7ClO4/c15-10-3-1-2-9-12(16)8-5-4-7(14(17)18)6-11(8)19-13(9)10/h1-6H,(H,17,18). The van der Waals surface area contributed by atoms with Crippen LogP contribution >= 0.6 is 11.6 Å². The van der Waals surface area contributed by atoms with E-state index < -0.39 is 5.97 Å². The van der Waals surface area contributed by atoms with Crippen molar-refractivity contribution in [3.63, 3.8) is 0 Å². The van der Waals surface area contributed by atoms with Gasteiger partial charge in [0.25, 0.3) is 0 Å². The molecule has 1 N–H and O–H groups in total. The van der Waals surface area contributed by atoms with E-state index in [1.807, 2.05) is 0 Å². The fourth-order valence-corrected chi connectivity index (χ4v) is 2.19. The van der Waals surface area contributed by atoms with Crippen LogP contribution < -0.4 is 5.43 Å². The molecule has 0 aliphatic rings. The fourth-order valence-electron chi connectivity index (χ4n) is 1.97. The van der Waals surface area contributed by atoms with E-state index >= 15 is 0 Å². The summed E-state index contributed by atoms with van der Waals surface area (Å²) in [7, 11) is 0. The van der Waals surface area contributed by atoms with Gasteiger partial charge in [-0.3, -0.25) is 4.79 Å². The number of carbonyl (C=O) groups is 1. The third kappa shape index (κ3) is 1.77. The van der Waals surface area contributed by atoms with Crippen molar-refractivity contribution in [2.75, 3.05) is 0 Å². The molecule has 0 unspecified atom stereocenters. The maximum atomic E-state index is 12.3. The van der Waals surface area contributed by atoms with Crippen LogP contribution in [0.2, 0.25) is 5.02 Å². The van der Waals surface area contributed by atoms with Crippen LogP contribution in [0.3, 0.4) is 0 Å². The summed E-state index contributed by atoms with van der Waals surface area (Å²) in [5.41, 5.74) is 0.312. The number of rotatable bonds is 1. The molecular formula is C14H7ClO4. The van der Waals surface area contributed by atoms with Crippen LogP contribution in [0.5, 0.6) is 0 Å². The summed E-state index contributed by atoms with van der Waals surface area (Å²) < 4.78 is 5.55. The van der Waals surface area contributed by atoms with Gasteiger partial charge in [-0.05, 0) is 30.3 Å². The topological polar surface area (TPSA) is 67.5 Å². The fraction of sp³-hybridized carbons (Fsp3) is 0. The van der Waals surface area contributed by atoms with Crippen molar-refractivity contribution in [1.29, 1.82) is 0 Å². The van der Waals surface area contributed by atoms with Gasteiger partial charge >= 0.3 is 5.97 Å². The molecule has 1 heterocycles. The van der Waals surface area contributed by atoms with Crippen LogP contribution in [0.1, 0.15) is 10.4 Å². The minimum atomic E-state index is -1.08. The Hall–Kier alpha value is -2.33. The first kappa shape index (κ1) is 11.7. The molecule has 0 spiro atoms. The number of para-hydroxylation sites is 1. The molecule has 3 rings (SSSR count). The molecule has 1 aromatic heterocycles. The van der Waals surface area contributed by atoms with E-state index in [4.69, 9.17) is 21.1 Å². The molecule has 0 fully saturated rings. The van der Waals surface area contributed by atoms with E-state index in [1.54, 1.807) is 18.2 Å². The van der Waals surface area contributed by atoms with Gasteiger partial charge in [-0.25, -0.2) is 4.79 Å². The van der Waals surface area contributed by atoms with Gasteiger partial charge in [0.15, 0.2) is 5.58 Å². The lowest BCUT2D eigenvalue weighted by Crippen LogP contribution is -2.04. The molecule has 0 amide bonds. The SMILES string of the molecule is O=C(O)c1ccc2c(=O)c3cccc(Cl)c3oc2c1. The van der Waals surface area contributed by atoms with Gasteiger partial charge in [0.2, 0.25) is 5.43 Å². The Morgan fingerprint density at radius 1 is 1.16 bits per heavy atom. The highest BCUT2D eigenvalue weighted by Gasteiger charge is 2.12. The van der Waals surface area contributed by atoms with Gasteiger partial charge in [-0.15, -0.1) is 0 Å². The summed E-state index contributed by atoms with van der Waals surface area (Å²) >= 11 is 5.98. The van der Waals surface area contributed by atoms with Crippen molar-refractivity contribution in [3.05, 3.63) is 57.2 Å². The zero-order valence-electron chi connectivity index (χ0n) is 9.51. The average Bonchev–Trinajstić information content (AvgIpc) is 2.40. The first-order chi connectivity index (χ1) is 9.08.